The van der Waals surface area contributed by atoms with Crippen LogP contribution >= 0.6 is 0 Å². The molecular formula is C25H23N3O6S. The number of esters is 1. The van der Waals surface area contributed by atoms with Crippen molar-refractivity contribution in [1.29, 1.82) is 0 Å². The second-order valence-corrected chi connectivity index (χ2v) is 9.62. The Hall–Kier alpha value is -4.18. The molecule has 180 valence electrons. The van der Waals surface area contributed by atoms with Gasteiger partial charge in [0.15, 0.2) is 6.61 Å². The van der Waals surface area contributed by atoms with Crippen molar-refractivity contribution in [2.45, 2.75) is 18.4 Å². The van der Waals surface area contributed by atoms with Crippen molar-refractivity contribution >= 4 is 21.7 Å². The van der Waals surface area contributed by atoms with Crippen LogP contribution in [0.4, 0.5) is 5.69 Å². The molecule has 9 nitrogen and oxygen atoms in total. The second-order valence-electron chi connectivity index (χ2n) is 7.65. The van der Waals surface area contributed by atoms with E-state index in [0.717, 1.165) is 9.87 Å². The molecule has 0 saturated carbocycles. The number of sulfonamides is 1. The Labute approximate surface area is 203 Å². The molecule has 3 aromatic carbocycles. The van der Waals surface area contributed by atoms with Crippen LogP contribution in [0.15, 0.2) is 82.2 Å². The molecule has 0 N–H and O–H groups in total. The number of aryl methyl sites for hydroxylation is 1. The lowest BCUT2D eigenvalue weighted by molar-refractivity contribution is 0.0429. The lowest BCUT2D eigenvalue weighted by Gasteiger charge is -2.20. The summed E-state index contributed by atoms with van der Waals surface area (Å²) in [7, 11) is -0.853. The van der Waals surface area contributed by atoms with E-state index in [2.05, 4.69) is 10.1 Å². The molecule has 0 bridgehead atoms. The third-order valence-electron chi connectivity index (χ3n) is 5.27. The highest BCUT2D eigenvalue weighted by atomic mass is 32.2. The van der Waals surface area contributed by atoms with Crippen LogP contribution in [0.2, 0.25) is 0 Å². The van der Waals surface area contributed by atoms with Crippen molar-refractivity contribution < 1.29 is 27.2 Å². The van der Waals surface area contributed by atoms with Gasteiger partial charge in [0.05, 0.1) is 23.3 Å². The zero-order chi connectivity index (χ0) is 25.0. The fourth-order valence-electron chi connectivity index (χ4n) is 3.22. The van der Waals surface area contributed by atoms with Crippen LogP contribution in [0.1, 0.15) is 21.8 Å². The Bertz CT molecular complexity index is 1430. The molecule has 0 spiro atoms. The van der Waals surface area contributed by atoms with Gasteiger partial charge in [-0.3, -0.25) is 4.31 Å². The number of carbonyl (C=O) groups excluding carboxylic acids is 1. The summed E-state index contributed by atoms with van der Waals surface area (Å²) in [5, 5.41) is 3.89. The summed E-state index contributed by atoms with van der Waals surface area (Å²) in [4.78, 5) is 16.8. The molecule has 0 radical (unpaired) electrons. The van der Waals surface area contributed by atoms with Crippen molar-refractivity contribution in [1.82, 2.24) is 10.1 Å². The lowest BCUT2D eigenvalue weighted by atomic mass is 10.2. The maximum atomic E-state index is 13.1. The Morgan fingerprint density at radius 3 is 2.43 bits per heavy atom. The van der Waals surface area contributed by atoms with Gasteiger partial charge in [-0.05, 0) is 61.5 Å². The minimum absolute atomic E-state index is 0.0328. The monoisotopic (exact) mass is 493 g/mol. The molecule has 4 aromatic rings. The molecule has 0 amide bonds. The molecule has 0 aliphatic carbocycles. The van der Waals surface area contributed by atoms with Crippen LogP contribution in [0, 0.1) is 6.92 Å². The van der Waals surface area contributed by atoms with Crippen LogP contribution in [0.5, 0.6) is 5.75 Å². The van der Waals surface area contributed by atoms with Gasteiger partial charge in [0.1, 0.15) is 5.75 Å². The second kappa shape index (κ2) is 9.98. The maximum Gasteiger partial charge on any atom is 0.338 e. The summed E-state index contributed by atoms with van der Waals surface area (Å²) in [5.41, 5.74) is 2.32. The van der Waals surface area contributed by atoms with Crippen LogP contribution in [-0.2, 0) is 21.4 Å². The standard InChI is InChI=1S/C25H23N3O6S/c1-17-7-11-20(12-8-17)28(2)35(30,31)22-6-4-5-19(15-22)25(29)33-16-23-26-24(27-34-23)18-9-13-21(32-3)14-10-18/h4-15H,16H2,1-3H3. The van der Waals surface area contributed by atoms with E-state index in [1.807, 2.05) is 19.1 Å². The summed E-state index contributed by atoms with van der Waals surface area (Å²) in [6, 6.07) is 19.8. The molecule has 0 fully saturated rings. The number of benzene rings is 3. The molecule has 0 unspecified atom stereocenters. The first-order valence-corrected chi connectivity index (χ1v) is 12.0. The van der Waals surface area contributed by atoms with E-state index in [1.165, 1.54) is 31.3 Å². The Balaban J connectivity index is 1.44. The van der Waals surface area contributed by atoms with Crippen molar-refractivity contribution in [3.8, 4) is 17.1 Å². The van der Waals surface area contributed by atoms with Gasteiger partial charge >= 0.3 is 5.97 Å². The smallest absolute Gasteiger partial charge is 0.338 e. The van der Waals surface area contributed by atoms with Gasteiger partial charge in [0.25, 0.3) is 15.9 Å². The molecule has 0 aliphatic rings. The highest BCUT2D eigenvalue weighted by Gasteiger charge is 2.23. The van der Waals surface area contributed by atoms with Crippen molar-refractivity contribution in [3.05, 3.63) is 89.8 Å². The summed E-state index contributed by atoms with van der Waals surface area (Å²) >= 11 is 0. The number of hydrogen-bond acceptors (Lipinski definition) is 8. The van der Waals surface area contributed by atoms with Gasteiger partial charge in [0, 0.05) is 12.6 Å². The fraction of sp³-hybridized carbons (Fsp3) is 0.160. The van der Waals surface area contributed by atoms with Gasteiger partial charge in [-0.1, -0.05) is 28.9 Å². The Morgan fingerprint density at radius 1 is 1.03 bits per heavy atom. The SMILES string of the molecule is COc1ccc(-c2noc(COC(=O)c3cccc(S(=O)(=O)N(C)c4ccc(C)cc4)c3)n2)cc1. The number of hydrogen-bond donors (Lipinski definition) is 0. The topological polar surface area (TPSA) is 112 Å². The average molecular weight is 494 g/mol. The van der Waals surface area contributed by atoms with E-state index in [0.29, 0.717) is 22.8 Å². The first-order chi connectivity index (χ1) is 16.8. The van der Waals surface area contributed by atoms with Gasteiger partial charge in [-0.15, -0.1) is 0 Å². The minimum Gasteiger partial charge on any atom is -0.497 e. The maximum absolute atomic E-state index is 13.1. The normalized spacial score (nSPS) is 11.2. The van der Waals surface area contributed by atoms with E-state index < -0.39 is 16.0 Å². The number of rotatable bonds is 8. The molecule has 1 heterocycles. The molecule has 0 saturated heterocycles. The van der Waals surface area contributed by atoms with Gasteiger partial charge < -0.3 is 14.0 Å². The van der Waals surface area contributed by atoms with E-state index in [4.69, 9.17) is 14.0 Å². The molecule has 4 rings (SSSR count). The minimum atomic E-state index is -3.88. The summed E-state index contributed by atoms with van der Waals surface area (Å²) in [5.74, 6) is 0.419. The van der Waals surface area contributed by atoms with Crippen molar-refractivity contribution in [2.75, 3.05) is 18.5 Å². The van der Waals surface area contributed by atoms with Crippen LogP contribution in [0.25, 0.3) is 11.4 Å². The van der Waals surface area contributed by atoms with Crippen LogP contribution in [0.3, 0.4) is 0 Å². The quantitative estimate of drug-likeness (QED) is 0.335. The summed E-state index contributed by atoms with van der Waals surface area (Å²) < 4.78 is 42.9. The molecule has 35 heavy (non-hydrogen) atoms. The average Bonchev–Trinajstić information content (AvgIpc) is 3.36. The third-order valence-corrected chi connectivity index (χ3v) is 7.05. The predicted octanol–water partition coefficient (Wildman–Crippen LogP) is 4.24. The van der Waals surface area contributed by atoms with Gasteiger partial charge in [0.2, 0.25) is 5.82 Å². The molecule has 0 atom stereocenters. The van der Waals surface area contributed by atoms with Gasteiger partial charge in [-0.25, -0.2) is 13.2 Å². The van der Waals surface area contributed by atoms with Crippen molar-refractivity contribution in [2.24, 2.45) is 0 Å². The number of carbonyl (C=O) groups is 1. The molecule has 10 heteroatoms. The highest BCUT2D eigenvalue weighted by Crippen LogP contribution is 2.24. The van der Waals surface area contributed by atoms with E-state index in [9.17, 15) is 13.2 Å². The van der Waals surface area contributed by atoms with Crippen LogP contribution < -0.4 is 9.04 Å². The largest absolute Gasteiger partial charge is 0.497 e. The zero-order valence-electron chi connectivity index (χ0n) is 19.3. The lowest BCUT2D eigenvalue weighted by Crippen LogP contribution is -2.26. The third kappa shape index (κ3) is 5.33. The van der Waals surface area contributed by atoms with E-state index >= 15 is 0 Å². The molecular weight excluding hydrogens is 470 g/mol. The predicted molar refractivity (Wildman–Crippen MR) is 129 cm³/mol. The van der Waals surface area contributed by atoms with Crippen LogP contribution in [-0.4, -0.2) is 38.7 Å². The number of nitrogens with zero attached hydrogens (tertiary/aromatic N) is 3. The Morgan fingerprint density at radius 2 is 1.74 bits per heavy atom. The highest BCUT2D eigenvalue weighted by molar-refractivity contribution is 7.92. The summed E-state index contributed by atoms with van der Waals surface area (Å²) in [6.07, 6.45) is 0. The van der Waals surface area contributed by atoms with Crippen molar-refractivity contribution in [3.63, 3.8) is 0 Å². The molecule has 1 aromatic heterocycles. The first kappa shape index (κ1) is 24.0. The van der Waals surface area contributed by atoms with Gasteiger partial charge in [-0.2, -0.15) is 4.98 Å². The Kier molecular flexibility index (Phi) is 6.83. The van der Waals surface area contributed by atoms with E-state index in [-0.39, 0.29) is 23.0 Å². The fourth-order valence-corrected chi connectivity index (χ4v) is 4.46. The number of methoxy groups -OCH3 is 1. The van der Waals surface area contributed by atoms with E-state index in [1.54, 1.807) is 43.5 Å². The molecule has 0 aliphatic heterocycles. The number of aromatic nitrogens is 2. The number of ether oxygens (including phenoxy) is 2. The first-order valence-electron chi connectivity index (χ1n) is 10.6. The summed E-state index contributed by atoms with van der Waals surface area (Å²) in [6.45, 7) is 1.66. The zero-order valence-corrected chi connectivity index (χ0v) is 20.2. The number of anilines is 1.